The van der Waals surface area contributed by atoms with Crippen LogP contribution in [0.5, 0.6) is 0 Å². The lowest BCUT2D eigenvalue weighted by atomic mass is 9.89. The molecule has 3 heteroatoms. The van der Waals surface area contributed by atoms with E-state index in [1.165, 1.54) is 18.2 Å². The molecule has 0 aliphatic rings. The summed E-state index contributed by atoms with van der Waals surface area (Å²) in [4.78, 5) is 12.1. The fourth-order valence-corrected chi connectivity index (χ4v) is 1.92. The minimum Gasteiger partial charge on any atom is -0.467 e. The molecule has 1 rings (SSSR count). The maximum absolute atomic E-state index is 12.1. The SMILES string of the molecule is CCCNC(C)(C(=O)OC)c1ccc(C)c(C)c1. The largest absolute Gasteiger partial charge is 0.467 e. The molecular formula is C15H23NO2. The van der Waals surface area contributed by atoms with E-state index in [0.29, 0.717) is 0 Å². The van der Waals surface area contributed by atoms with Crippen molar-refractivity contribution in [2.45, 2.75) is 39.7 Å². The Morgan fingerprint density at radius 2 is 2.00 bits per heavy atom. The van der Waals surface area contributed by atoms with Gasteiger partial charge in [-0.25, -0.2) is 4.79 Å². The van der Waals surface area contributed by atoms with Crippen molar-refractivity contribution in [3.8, 4) is 0 Å². The van der Waals surface area contributed by atoms with Crippen molar-refractivity contribution < 1.29 is 9.53 Å². The molecule has 3 nitrogen and oxygen atoms in total. The molecule has 0 saturated carbocycles. The predicted molar refractivity (Wildman–Crippen MR) is 73.6 cm³/mol. The third-order valence-electron chi connectivity index (χ3n) is 3.41. The average molecular weight is 249 g/mol. The second kappa shape index (κ2) is 6.01. The van der Waals surface area contributed by atoms with Gasteiger partial charge in [-0.15, -0.1) is 0 Å². The molecule has 0 aromatic heterocycles. The molecule has 0 heterocycles. The van der Waals surface area contributed by atoms with Crippen LogP contribution in [0.25, 0.3) is 0 Å². The summed E-state index contributed by atoms with van der Waals surface area (Å²) in [5.41, 5.74) is 2.58. The molecule has 1 N–H and O–H groups in total. The summed E-state index contributed by atoms with van der Waals surface area (Å²) in [6.07, 6.45) is 0.970. The number of carbonyl (C=O) groups excluding carboxylic acids is 1. The van der Waals surface area contributed by atoms with Crippen molar-refractivity contribution in [1.29, 1.82) is 0 Å². The van der Waals surface area contributed by atoms with Crippen LogP contribution in [0.3, 0.4) is 0 Å². The summed E-state index contributed by atoms with van der Waals surface area (Å²) >= 11 is 0. The van der Waals surface area contributed by atoms with Gasteiger partial charge in [-0.2, -0.15) is 0 Å². The maximum atomic E-state index is 12.1. The molecule has 1 aromatic rings. The number of nitrogens with one attached hydrogen (secondary N) is 1. The quantitative estimate of drug-likeness (QED) is 0.815. The van der Waals surface area contributed by atoms with Crippen LogP contribution >= 0.6 is 0 Å². The summed E-state index contributed by atoms with van der Waals surface area (Å²) < 4.78 is 4.94. The van der Waals surface area contributed by atoms with Crippen LogP contribution < -0.4 is 5.32 Å². The lowest BCUT2D eigenvalue weighted by Crippen LogP contribution is -2.47. The molecule has 1 aromatic carbocycles. The Bertz CT molecular complexity index is 429. The molecule has 0 fully saturated rings. The number of rotatable bonds is 5. The number of carbonyl (C=O) groups is 1. The van der Waals surface area contributed by atoms with E-state index in [-0.39, 0.29) is 5.97 Å². The van der Waals surface area contributed by atoms with Crippen molar-refractivity contribution in [3.05, 3.63) is 34.9 Å². The summed E-state index contributed by atoms with van der Waals surface area (Å²) in [6, 6.07) is 6.08. The molecule has 0 spiro atoms. The van der Waals surface area contributed by atoms with Crippen molar-refractivity contribution >= 4 is 5.97 Å². The normalized spacial score (nSPS) is 14.1. The highest BCUT2D eigenvalue weighted by Crippen LogP contribution is 2.24. The summed E-state index contributed by atoms with van der Waals surface area (Å²) in [5.74, 6) is -0.251. The Hall–Kier alpha value is -1.35. The molecule has 0 radical (unpaired) electrons. The van der Waals surface area contributed by atoms with Crippen LogP contribution in [-0.4, -0.2) is 19.6 Å². The number of ether oxygens (including phenoxy) is 1. The Balaban J connectivity index is 3.16. The van der Waals surface area contributed by atoms with Crippen molar-refractivity contribution in [3.63, 3.8) is 0 Å². The van der Waals surface area contributed by atoms with Gasteiger partial charge in [0.05, 0.1) is 7.11 Å². The highest BCUT2D eigenvalue weighted by Gasteiger charge is 2.35. The van der Waals surface area contributed by atoms with Crippen molar-refractivity contribution in [2.24, 2.45) is 0 Å². The molecule has 0 saturated heterocycles. The molecule has 0 aliphatic carbocycles. The summed E-state index contributed by atoms with van der Waals surface area (Å²) in [7, 11) is 1.43. The van der Waals surface area contributed by atoms with Gasteiger partial charge in [0.25, 0.3) is 0 Å². The monoisotopic (exact) mass is 249 g/mol. The van der Waals surface area contributed by atoms with Crippen molar-refractivity contribution in [1.82, 2.24) is 5.32 Å². The van der Waals surface area contributed by atoms with E-state index >= 15 is 0 Å². The van der Waals surface area contributed by atoms with E-state index in [0.717, 1.165) is 18.5 Å². The van der Waals surface area contributed by atoms with Gasteiger partial charge in [0.15, 0.2) is 0 Å². The summed E-state index contributed by atoms with van der Waals surface area (Å²) in [6.45, 7) is 8.84. The van der Waals surface area contributed by atoms with Gasteiger partial charge in [-0.1, -0.05) is 25.1 Å². The first-order valence-electron chi connectivity index (χ1n) is 6.37. The molecule has 1 unspecified atom stereocenters. The zero-order valence-electron chi connectivity index (χ0n) is 12.0. The van der Waals surface area contributed by atoms with Gasteiger partial charge in [0, 0.05) is 0 Å². The van der Waals surface area contributed by atoms with Gasteiger partial charge in [0.1, 0.15) is 5.54 Å². The topological polar surface area (TPSA) is 38.3 Å². The molecular weight excluding hydrogens is 226 g/mol. The molecule has 18 heavy (non-hydrogen) atoms. The third-order valence-corrected chi connectivity index (χ3v) is 3.41. The van der Waals surface area contributed by atoms with Gasteiger partial charge < -0.3 is 4.74 Å². The maximum Gasteiger partial charge on any atom is 0.330 e. The smallest absolute Gasteiger partial charge is 0.330 e. The Labute approximate surface area is 110 Å². The second-order valence-corrected chi connectivity index (χ2v) is 4.84. The zero-order chi connectivity index (χ0) is 13.8. The second-order valence-electron chi connectivity index (χ2n) is 4.84. The van der Waals surface area contributed by atoms with E-state index in [4.69, 9.17) is 4.74 Å². The Morgan fingerprint density at radius 3 is 2.50 bits per heavy atom. The predicted octanol–water partition coefficient (Wildman–Crippen LogP) is 2.69. The number of benzene rings is 1. The van der Waals surface area contributed by atoms with E-state index in [1.807, 2.05) is 19.1 Å². The number of methoxy groups -OCH3 is 1. The van der Waals surface area contributed by atoms with Crippen LogP contribution in [-0.2, 0) is 15.1 Å². The first kappa shape index (κ1) is 14.7. The van der Waals surface area contributed by atoms with Crippen molar-refractivity contribution in [2.75, 3.05) is 13.7 Å². The van der Waals surface area contributed by atoms with Crippen LogP contribution in [0.2, 0.25) is 0 Å². The van der Waals surface area contributed by atoms with Crippen LogP contribution in [0, 0.1) is 13.8 Å². The lowest BCUT2D eigenvalue weighted by Gasteiger charge is -2.29. The first-order chi connectivity index (χ1) is 8.45. The summed E-state index contributed by atoms with van der Waals surface area (Å²) in [5, 5.41) is 3.28. The van der Waals surface area contributed by atoms with E-state index in [2.05, 4.69) is 32.2 Å². The highest BCUT2D eigenvalue weighted by molar-refractivity contribution is 5.82. The number of esters is 1. The van der Waals surface area contributed by atoms with Crippen LogP contribution in [0.15, 0.2) is 18.2 Å². The van der Waals surface area contributed by atoms with Crippen LogP contribution in [0.4, 0.5) is 0 Å². The van der Waals surface area contributed by atoms with Gasteiger partial charge in [0.2, 0.25) is 0 Å². The van der Waals surface area contributed by atoms with E-state index in [1.54, 1.807) is 0 Å². The Morgan fingerprint density at radius 1 is 1.33 bits per heavy atom. The third kappa shape index (κ3) is 2.91. The highest BCUT2D eigenvalue weighted by atomic mass is 16.5. The number of hydrogen-bond acceptors (Lipinski definition) is 3. The minimum absolute atomic E-state index is 0.251. The number of aryl methyl sites for hydroxylation is 2. The minimum atomic E-state index is -0.775. The number of hydrogen-bond donors (Lipinski definition) is 1. The first-order valence-corrected chi connectivity index (χ1v) is 6.37. The molecule has 1 atom stereocenters. The molecule has 100 valence electrons. The fraction of sp³-hybridized carbons (Fsp3) is 0.533. The van der Waals surface area contributed by atoms with E-state index in [9.17, 15) is 4.79 Å². The molecule has 0 bridgehead atoms. The van der Waals surface area contributed by atoms with Gasteiger partial charge in [-0.05, 0) is 50.4 Å². The van der Waals surface area contributed by atoms with Gasteiger partial charge in [-0.3, -0.25) is 5.32 Å². The Kier molecular flexibility index (Phi) is 4.91. The molecule has 0 aliphatic heterocycles. The van der Waals surface area contributed by atoms with Gasteiger partial charge >= 0.3 is 5.97 Å². The average Bonchev–Trinajstić information content (AvgIpc) is 2.38. The fourth-order valence-electron chi connectivity index (χ4n) is 1.92. The van der Waals surface area contributed by atoms with E-state index < -0.39 is 5.54 Å². The standard InChI is InChI=1S/C15H23NO2/c1-6-9-16-15(4,14(17)18-5)13-8-7-11(2)12(3)10-13/h7-8,10,16H,6,9H2,1-5H3. The zero-order valence-corrected chi connectivity index (χ0v) is 12.0. The lowest BCUT2D eigenvalue weighted by molar-refractivity contribution is -0.148. The van der Waals surface area contributed by atoms with Crippen LogP contribution in [0.1, 0.15) is 37.0 Å². The molecule has 0 amide bonds.